The molecular formula is C17H10FN3O2. The minimum Gasteiger partial charge on any atom is -0.267 e. The Morgan fingerprint density at radius 3 is 2.65 bits per heavy atom. The number of nitrogens with zero attached hydrogens (tertiary/aromatic N) is 2. The maximum absolute atomic E-state index is 12.8. The highest BCUT2D eigenvalue weighted by Crippen LogP contribution is 2.02. The van der Waals surface area contributed by atoms with Crippen LogP contribution in [0.5, 0.6) is 0 Å². The van der Waals surface area contributed by atoms with Gasteiger partial charge >= 0.3 is 0 Å². The fourth-order valence-corrected chi connectivity index (χ4v) is 1.98. The van der Waals surface area contributed by atoms with E-state index < -0.39 is 17.6 Å². The van der Waals surface area contributed by atoms with Crippen molar-refractivity contribution in [1.82, 2.24) is 5.43 Å². The minimum atomic E-state index is -0.529. The molecule has 6 heteroatoms. The number of hydrazone groups is 1. The van der Waals surface area contributed by atoms with E-state index in [2.05, 4.69) is 21.4 Å². The topological polar surface area (TPSA) is 70.9 Å². The minimum absolute atomic E-state index is 0.142. The molecule has 1 heterocycles. The van der Waals surface area contributed by atoms with Crippen molar-refractivity contribution >= 4 is 23.8 Å². The van der Waals surface area contributed by atoms with Gasteiger partial charge in [-0.3, -0.25) is 9.59 Å². The molecule has 1 N–H and O–H groups in total. The molecule has 0 spiro atoms. The van der Waals surface area contributed by atoms with Crippen LogP contribution in [-0.4, -0.2) is 17.7 Å². The van der Waals surface area contributed by atoms with Gasteiger partial charge in [0.05, 0.1) is 5.36 Å². The Labute approximate surface area is 130 Å². The number of hydrogen-bond donors (Lipinski definition) is 1. The number of amides is 2. The smallest absolute Gasteiger partial charge is 0.267 e. The highest BCUT2D eigenvalue weighted by atomic mass is 19.1. The Bertz CT molecular complexity index is 972. The third-order valence-electron chi connectivity index (χ3n) is 3.13. The van der Waals surface area contributed by atoms with Gasteiger partial charge in [-0.25, -0.2) is 14.8 Å². The molecule has 0 unspecified atom stereocenters. The average Bonchev–Trinajstić information content (AvgIpc) is 2.56. The molecule has 0 aromatic heterocycles. The van der Waals surface area contributed by atoms with E-state index in [1.54, 1.807) is 18.2 Å². The van der Waals surface area contributed by atoms with Gasteiger partial charge in [0.25, 0.3) is 11.8 Å². The van der Waals surface area contributed by atoms with Gasteiger partial charge in [0, 0.05) is 16.7 Å². The van der Waals surface area contributed by atoms with Crippen molar-refractivity contribution in [3.63, 3.8) is 0 Å². The SMILES string of the molecule is O=C1N=c2ccccc2=CC1=C=NNC(=O)c1ccc(F)cc1. The molecule has 0 fully saturated rings. The van der Waals surface area contributed by atoms with Gasteiger partial charge in [0.15, 0.2) is 0 Å². The van der Waals surface area contributed by atoms with Crippen molar-refractivity contribution in [2.24, 2.45) is 10.1 Å². The highest BCUT2D eigenvalue weighted by Gasteiger charge is 2.09. The van der Waals surface area contributed by atoms with E-state index in [0.717, 1.165) is 5.22 Å². The first kappa shape index (κ1) is 14.6. The third kappa shape index (κ3) is 3.28. The molecule has 23 heavy (non-hydrogen) atoms. The summed E-state index contributed by atoms with van der Waals surface area (Å²) in [4.78, 5) is 27.5. The lowest BCUT2D eigenvalue weighted by atomic mass is 10.1. The number of rotatable bonds is 2. The van der Waals surface area contributed by atoms with E-state index in [0.29, 0.717) is 5.36 Å². The van der Waals surface area contributed by atoms with Crippen LogP contribution < -0.4 is 16.0 Å². The maximum Gasteiger partial charge on any atom is 0.287 e. The zero-order valence-electron chi connectivity index (χ0n) is 11.8. The molecule has 2 aromatic carbocycles. The van der Waals surface area contributed by atoms with Gasteiger partial charge in [0.2, 0.25) is 0 Å². The highest BCUT2D eigenvalue weighted by molar-refractivity contribution is 6.10. The molecule has 2 amide bonds. The number of hydrogen-bond acceptors (Lipinski definition) is 3. The van der Waals surface area contributed by atoms with Crippen LogP contribution in [0.1, 0.15) is 10.4 Å². The van der Waals surface area contributed by atoms with Gasteiger partial charge in [0.1, 0.15) is 11.4 Å². The predicted octanol–water partition coefficient (Wildman–Crippen LogP) is 0.707. The first-order valence-electron chi connectivity index (χ1n) is 6.72. The maximum atomic E-state index is 12.8. The lowest BCUT2D eigenvalue weighted by Crippen LogP contribution is -2.30. The van der Waals surface area contributed by atoms with E-state index in [9.17, 15) is 14.0 Å². The summed E-state index contributed by atoms with van der Waals surface area (Å²) < 4.78 is 12.8. The van der Waals surface area contributed by atoms with E-state index in [-0.39, 0.29) is 11.1 Å². The molecule has 3 rings (SSSR count). The second-order valence-electron chi connectivity index (χ2n) is 4.71. The number of carbonyl (C=O) groups excluding carboxylic acids is 2. The first-order chi connectivity index (χ1) is 11.1. The lowest BCUT2D eigenvalue weighted by molar-refractivity contribution is -0.114. The second kappa shape index (κ2) is 6.17. The van der Waals surface area contributed by atoms with Crippen LogP contribution >= 0.6 is 0 Å². The van der Waals surface area contributed by atoms with Crippen molar-refractivity contribution in [3.8, 4) is 0 Å². The summed E-state index contributed by atoms with van der Waals surface area (Å²) in [5.41, 5.74) is 2.62. The Hall–Kier alpha value is -3.37. The lowest BCUT2D eigenvalue weighted by Gasteiger charge is -2.00. The normalized spacial score (nSPS) is 12.4. The van der Waals surface area contributed by atoms with Crippen molar-refractivity contribution in [1.29, 1.82) is 0 Å². The Kier molecular flexibility index (Phi) is 3.91. The van der Waals surface area contributed by atoms with Crippen LogP contribution in [0.2, 0.25) is 0 Å². The number of fused-ring (bicyclic) bond motifs is 1. The fourth-order valence-electron chi connectivity index (χ4n) is 1.98. The predicted molar refractivity (Wildman–Crippen MR) is 81.5 cm³/mol. The molecule has 0 saturated heterocycles. The average molecular weight is 307 g/mol. The molecule has 1 aliphatic heterocycles. The van der Waals surface area contributed by atoms with Gasteiger partial charge in [-0.15, -0.1) is 5.10 Å². The fraction of sp³-hybridized carbons (Fsp3) is 0. The standard InChI is InChI=1S/C17H10FN3O2/c18-14-7-5-11(6-8-14)17(23)21-19-10-13-9-12-3-1-2-4-15(12)20-16(13)22/h1-9H,(H,21,23). The van der Waals surface area contributed by atoms with Crippen LogP contribution in [0.25, 0.3) is 6.08 Å². The zero-order chi connectivity index (χ0) is 16.2. The summed E-state index contributed by atoms with van der Waals surface area (Å²) in [5, 5.41) is 4.98. The molecule has 0 atom stereocenters. The van der Waals surface area contributed by atoms with Crippen molar-refractivity contribution in [3.05, 3.63) is 76.1 Å². The summed E-state index contributed by atoms with van der Waals surface area (Å²) in [6.07, 6.45) is 1.60. The quantitative estimate of drug-likeness (QED) is 0.504. The molecule has 0 saturated carbocycles. The molecule has 0 radical (unpaired) electrons. The number of benzene rings is 2. The van der Waals surface area contributed by atoms with Crippen LogP contribution in [0.15, 0.2) is 64.2 Å². The van der Waals surface area contributed by atoms with Gasteiger partial charge in [-0.05, 0) is 36.4 Å². The largest absolute Gasteiger partial charge is 0.287 e. The second-order valence-corrected chi connectivity index (χ2v) is 4.71. The third-order valence-corrected chi connectivity index (χ3v) is 3.13. The molecule has 0 bridgehead atoms. The molecule has 5 nitrogen and oxygen atoms in total. The van der Waals surface area contributed by atoms with E-state index >= 15 is 0 Å². The molecule has 1 aliphatic rings. The Morgan fingerprint density at radius 1 is 1.13 bits per heavy atom. The van der Waals surface area contributed by atoms with Crippen molar-refractivity contribution < 1.29 is 14.0 Å². The molecule has 112 valence electrons. The van der Waals surface area contributed by atoms with Crippen LogP contribution in [0.4, 0.5) is 4.39 Å². The van der Waals surface area contributed by atoms with Crippen LogP contribution in [-0.2, 0) is 4.79 Å². The monoisotopic (exact) mass is 307 g/mol. The van der Waals surface area contributed by atoms with Crippen molar-refractivity contribution in [2.45, 2.75) is 0 Å². The Balaban J connectivity index is 1.83. The van der Waals surface area contributed by atoms with Crippen LogP contribution in [0.3, 0.4) is 0 Å². The van der Waals surface area contributed by atoms with E-state index in [4.69, 9.17) is 0 Å². The van der Waals surface area contributed by atoms with Gasteiger partial charge in [-0.2, -0.15) is 0 Å². The number of nitrogens with one attached hydrogen (secondary N) is 1. The van der Waals surface area contributed by atoms with Crippen molar-refractivity contribution in [2.75, 3.05) is 0 Å². The zero-order valence-corrected chi connectivity index (χ0v) is 11.8. The summed E-state index contributed by atoms with van der Waals surface area (Å²) in [7, 11) is 0. The summed E-state index contributed by atoms with van der Waals surface area (Å²) >= 11 is 0. The number of halogens is 1. The number of para-hydroxylation sites is 1. The van der Waals surface area contributed by atoms with E-state index in [1.165, 1.54) is 24.3 Å². The molecule has 0 aliphatic carbocycles. The first-order valence-corrected chi connectivity index (χ1v) is 6.72. The summed E-state index contributed by atoms with van der Waals surface area (Å²) in [6.45, 7) is 0. The van der Waals surface area contributed by atoms with Gasteiger partial charge in [-0.1, -0.05) is 18.2 Å². The number of carbonyl (C=O) groups is 2. The van der Waals surface area contributed by atoms with Crippen LogP contribution in [0, 0.1) is 5.82 Å². The Morgan fingerprint density at radius 2 is 1.87 bits per heavy atom. The van der Waals surface area contributed by atoms with Gasteiger partial charge < -0.3 is 0 Å². The molecule has 2 aromatic rings. The summed E-state index contributed by atoms with van der Waals surface area (Å²) in [5.74, 6) is 1.01. The van der Waals surface area contributed by atoms with E-state index in [1.807, 2.05) is 12.1 Å². The molecular weight excluding hydrogens is 297 g/mol. The summed E-state index contributed by atoms with van der Waals surface area (Å²) in [6, 6.07) is 12.2.